The fourth-order valence-corrected chi connectivity index (χ4v) is 3.39. The molecule has 0 aromatic heterocycles. The molecular weight excluding hydrogens is 320 g/mol. The highest BCUT2D eigenvalue weighted by Gasteiger charge is 2.43. The fraction of sp³-hybridized carbons (Fsp3) is 0.409. The molecule has 2 aromatic carbocycles. The van der Waals surface area contributed by atoms with E-state index in [4.69, 9.17) is 0 Å². The van der Waals surface area contributed by atoms with Crippen LogP contribution in [-0.2, 0) is 18.5 Å². The topological polar surface area (TPSA) is 39.7 Å². The molecule has 3 rings (SSSR count). The molecule has 1 fully saturated rings. The van der Waals surface area contributed by atoms with Gasteiger partial charge in [0.25, 0.3) is 0 Å². The van der Waals surface area contributed by atoms with Crippen LogP contribution in [0.25, 0.3) is 0 Å². The first-order chi connectivity index (χ1) is 12.6. The van der Waals surface area contributed by atoms with Gasteiger partial charge in [-0.25, -0.2) is 0 Å². The first kappa shape index (κ1) is 18.5. The van der Waals surface area contributed by atoms with Crippen LogP contribution >= 0.6 is 0 Å². The predicted molar refractivity (Wildman–Crippen MR) is 109 cm³/mol. The minimum Gasteiger partial charge on any atom is -0.356 e. The lowest BCUT2D eigenvalue weighted by Gasteiger charge is -2.20. The van der Waals surface area contributed by atoms with E-state index in [9.17, 15) is 0 Å². The monoisotopic (exact) mass is 350 g/mol. The van der Waals surface area contributed by atoms with Crippen LogP contribution in [0, 0.1) is 0 Å². The Labute approximate surface area is 157 Å². The number of benzene rings is 2. The molecule has 0 amide bonds. The largest absolute Gasteiger partial charge is 0.356 e. The molecule has 2 aromatic rings. The summed E-state index contributed by atoms with van der Waals surface area (Å²) in [7, 11) is 6.04. The Kier molecular flexibility index (Phi) is 5.94. The second-order valence-electron chi connectivity index (χ2n) is 7.43. The molecule has 1 aliphatic carbocycles. The van der Waals surface area contributed by atoms with Gasteiger partial charge in [-0.1, -0.05) is 54.6 Å². The number of hydrogen-bond acceptors (Lipinski definition) is 2. The molecule has 0 radical (unpaired) electrons. The normalized spacial score (nSPS) is 15.8. The summed E-state index contributed by atoms with van der Waals surface area (Å²) in [6.45, 7) is 2.65. The minimum absolute atomic E-state index is 0.279. The van der Waals surface area contributed by atoms with Crippen LogP contribution in [0.3, 0.4) is 0 Å². The van der Waals surface area contributed by atoms with Crippen LogP contribution in [0.5, 0.6) is 0 Å². The molecule has 4 nitrogen and oxygen atoms in total. The third kappa shape index (κ3) is 4.64. The highest BCUT2D eigenvalue weighted by Crippen LogP contribution is 2.47. The van der Waals surface area contributed by atoms with Gasteiger partial charge in [-0.2, -0.15) is 0 Å². The van der Waals surface area contributed by atoms with Crippen molar-refractivity contribution in [3.63, 3.8) is 0 Å². The van der Waals surface area contributed by atoms with Gasteiger partial charge >= 0.3 is 0 Å². The smallest absolute Gasteiger partial charge is 0.191 e. The van der Waals surface area contributed by atoms with E-state index in [1.807, 2.05) is 7.05 Å². The van der Waals surface area contributed by atoms with Gasteiger partial charge in [0.15, 0.2) is 5.96 Å². The Hall–Kier alpha value is -2.33. The summed E-state index contributed by atoms with van der Waals surface area (Å²) in [6, 6.07) is 19.4. The van der Waals surface area contributed by atoms with Crippen LogP contribution in [0.15, 0.2) is 59.6 Å². The van der Waals surface area contributed by atoms with Gasteiger partial charge in [0.05, 0.1) is 0 Å². The lowest BCUT2D eigenvalue weighted by Crippen LogP contribution is -2.41. The molecule has 4 heteroatoms. The van der Waals surface area contributed by atoms with E-state index >= 15 is 0 Å². The first-order valence-corrected chi connectivity index (χ1v) is 9.34. The fourth-order valence-electron chi connectivity index (χ4n) is 3.39. The molecule has 0 unspecified atom stereocenters. The second-order valence-corrected chi connectivity index (χ2v) is 7.43. The van der Waals surface area contributed by atoms with Gasteiger partial charge in [-0.3, -0.25) is 4.99 Å². The third-order valence-electron chi connectivity index (χ3n) is 5.11. The van der Waals surface area contributed by atoms with Gasteiger partial charge in [0.2, 0.25) is 0 Å². The number of guanidine groups is 1. The van der Waals surface area contributed by atoms with Crippen molar-refractivity contribution < 1.29 is 0 Å². The predicted octanol–water partition coefficient (Wildman–Crippen LogP) is 3.15. The molecule has 1 aliphatic rings. The molecule has 0 heterocycles. The highest BCUT2D eigenvalue weighted by molar-refractivity contribution is 5.79. The molecule has 0 atom stereocenters. The molecule has 0 spiro atoms. The summed E-state index contributed by atoms with van der Waals surface area (Å²) in [5.41, 5.74) is 4.37. The summed E-state index contributed by atoms with van der Waals surface area (Å²) < 4.78 is 0. The molecule has 0 bridgehead atoms. The van der Waals surface area contributed by atoms with E-state index in [1.165, 1.54) is 29.5 Å². The van der Waals surface area contributed by atoms with E-state index < -0.39 is 0 Å². The van der Waals surface area contributed by atoms with E-state index in [0.717, 1.165) is 25.6 Å². The van der Waals surface area contributed by atoms with E-state index in [2.05, 4.69) is 89.2 Å². The van der Waals surface area contributed by atoms with Crippen molar-refractivity contribution >= 4 is 5.96 Å². The SMILES string of the molecule is CN=C(NCc1ccccc1CN(C)C)NCC1(c2ccccc2)CC1. The minimum atomic E-state index is 0.279. The number of rotatable bonds is 7. The molecule has 0 saturated heterocycles. The summed E-state index contributed by atoms with van der Waals surface area (Å²) in [4.78, 5) is 6.60. The van der Waals surface area contributed by atoms with Crippen LogP contribution in [0.4, 0.5) is 0 Å². The molecule has 1 saturated carbocycles. The summed E-state index contributed by atoms with van der Waals surface area (Å²) in [5, 5.41) is 7.00. The summed E-state index contributed by atoms with van der Waals surface area (Å²) in [6.07, 6.45) is 2.49. The van der Waals surface area contributed by atoms with Gasteiger partial charge < -0.3 is 15.5 Å². The quantitative estimate of drug-likeness (QED) is 0.595. The zero-order valence-corrected chi connectivity index (χ0v) is 16.1. The van der Waals surface area contributed by atoms with Gasteiger partial charge in [0, 0.05) is 32.1 Å². The lowest BCUT2D eigenvalue weighted by atomic mass is 9.96. The molecule has 0 aliphatic heterocycles. The van der Waals surface area contributed by atoms with Crippen LogP contribution in [0.2, 0.25) is 0 Å². The third-order valence-corrected chi connectivity index (χ3v) is 5.11. The number of aliphatic imine (C=N–C) groups is 1. The maximum atomic E-state index is 4.40. The second kappa shape index (κ2) is 8.37. The van der Waals surface area contributed by atoms with Crippen molar-refractivity contribution in [2.45, 2.75) is 31.3 Å². The molecular formula is C22H30N4. The number of nitrogens with one attached hydrogen (secondary N) is 2. The van der Waals surface area contributed by atoms with Crippen molar-refractivity contribution in [2.75, 3.05) is 27.7 Å². The Morgan fingerprint density at radius 1 is 0.962 bits per heavy atom. The average Bonchev–Trinajstić information content (AvgIpc) is 3.44. The lowest BCUT2D eigenvalue weighted by molar-refractivity contribution is 0.400. The van der Waals surface area contributed by atoms with E-state index in [-0.39, 0.29) is 5.41 Å². The van der Waals surface area contributed by atoms with Crippen molar-refractivity contribution in [3.05, 3.63) is 71.3 Å². The van der Waals surface area contributed by atoms with Gasteiger partial charge in [0.1, 0.15) is 0 Å². The van der Waals surface area contributed by atoms with Gasteiger partial charge in [-0.15, -0.1) is 0 Å². The number of nitrogens with zero attached hydrogens (tertiary/aromatic N) is 2. The van der Waals surface area contributed by atoms with Crippen LogP contribution < -0.4 is 10.6 Å². The maximum Gasteiger partial charge on any atom is 0.191 e. The van der Waals surface area contributed by atoms with Crippen molar-refractivity contribution in [2.24, 2.45) is 4.99 Å². The number of hydrogen-bond donors (Lipinski definition) is 2. The Morgan fingerprint density at radius 3 is 2.23 bits per heavy atom. The Balaban J connectivity index is 1.57. The van der Waals surface area contributed by atoms with Crippen LogP contribution in [0.1, 0.15) is 29.5 Å². The van der Waals surface area contributed by atoms with Crippen molar-refractivity contribution in [3.8, 4) is 0 Å². The maximum absolute atomic E-state index is 4.40. The van der Waals surface area contributed by atoms with Crippen LogP contribution in [-0.4, -0.2) is 38.5 Å². The van der Waals surface area contributed by atoms with Gasteiger partial charge in [-0.05, 0) is 43.6 Å². The van der Waals surface area contributed by atoms with Crippen molar-refractivity contribution in [1.82, 2.24) is 15.5 Å². The Morgan fingerprint density at radius 2 is 1.62 bits per heavy atom. The Bertz CT molecular complexity index is 733. The van der Waals surface area contributed by atoms with E-state index in [1.54, 1.807) is 0 Å². The first-order valence-electron chi connectivity index (χ1n) is 9.34. The van der Waals surface area contributed by atoms with Crippen molar-refractivity contribution in [1.29, 1.82) is 0 Å². The zero-order valence-electron chi connectivity index (χ0n) is 16.1. The van der Waals surface area contributed by atoms with E-state index in [0.29, 0.717) is 0 Å². The summed E-state index contributed by atoms with van der Waals surface area (Å²) in [5.74, 6) is 0.867. The standard InChI is InChI=1S/C22H30N4/c1-23-21(24-15-18-9-7-8-10-19(18)16-26(2)3)25-17-22(13-14-22)20-11-5-4-6-12-20/h4-12H,13-17H2,1-3H3,(H2,23,24,25). The highest BCUT2D eigenvalue weighted by atomic mass is 15.2. The summed E-state index contributed by atoms with van der Waals surface area (Å²) >= 11 is 0. The molecule has 26 heavy (non-hydrogen) atoms. The molecule has 2 N–H and O–H groups in total. The average molecular weight is 351 g/mol. The molecule has 138 valence electrons. The zero-order chi connectivity index (χ0) is 18.4.